The van der Waals surface area contributed by atoms with E-state index in [1.807, 2.05) is 24.3 Å². The van der Waals surface area contributed by atoms with Gasteiger partial charge in [-0.3, -0.25) is 4.99 Å². The molecule has 0 saturated carbocycles. The standard InChI is InChI=1S/C20H11F5N2/c21-14-8-17-18(9-15(14)22)27-19(20(23,24)25)10-16(26-17)13-6-5-11-3-1-2-4-12(11)7-13/h1-9H,10H2. The number of hydrogen-bond donors (Lipinski definition) is 0. The molecule has 27 heavy (non-hydrogen) atoms. The highest BCUT2D eigenvalue weighted by Gasteiger charge is 2.37. The first kappa shape index (κ1) is 17.3. The molecule has 1 aliphatic rings. The molecule has 0 saturated heterocycles. The first-order valence-electron chi connectivity index (χ1n) is 8.02. The second-order valence-electron chi connectivity index (χ2n) is 6.11. The summed E-state index contributed by atoms with van der Waals surface area (Å²) < 4.78 is 67.2. The van der Waals surface area contributed by atoms with Gasteiger partial charge in [-0.05, 0) is 22.4 Å². The largest absolute Gasteiger partial charge is 0.429 e. The summed E-state index contributed by atoms with van der Waals surface area (Å²) in [6.45, 7) is 0. The van der Waals surface area contributed by atoms with Gasteiger partial charge in [0.2, 0.25) is 0 Å². The van der Waals surface area contributed by atoms with Crippen molar-refractivity contribution in [2.24, 2.45) is 9.98 Å². The lowest BCUT2D eigenvalue weighted by atomic mass is 10.0. The number of rotatable bonds is 1. The van der Waals surface area contributed by atoms with Crippen molar-refractivity contribution in [3.8, 4) is 0 Å². The molecule has 0 fully saturated rings. The third kappa shape index (κ3) is 3.32. The van der Waals surface area contributed by atoms with Crippen molar-refractivity contribution in [3.05, 3.63) is 71.8 Å². The fraction of sp³-hybridized carbons (Fsp3) is 0.100. The van der Waals surface area contributed by atoms with E-state index in [4.69, 9.17) is 0 Å². The number of hydrogen-bond acceptors (Lipinski definition) is 2. The Labute approximate surface area is 150 Å². The summed E-state index contributed by atoms with van der Waals surface area (Å²) >= 11 is 0. The number of halogens is 5. The first-order chi connectivity index (χ1) is 12.8. The third-order valence-corrected chi connectivity index (χ3v) is 4.27. The number of nitrogens with zero attached hydrogens (tertiary/aromatic N) is 2. The van der Waals surface area contributed by atoms with E-state index < -0.39 is 29.9 Å². The topological polar surface area (TPSA) is 24.7 Å². The van der Waals surface area contributed by atoms with Gasteiger partial charge in [-0.25, -0.2) is 13.8 Å². The van der Waals surface area contributed by atoms with Crippen LogP contribution in [-0.2, 0) is 0 Å². The van der Waals surface area contributed by atoms with Gasteiger partial charge < -0.3 is 0 Å². The second kappa shape index (κ2) is 6.26. The van der Waals surface area contributed by atoms with Crippen molar-refractivity contribution < 1.29 is 22.0 Å². The van der Waals surface area contributed by atoms with Gasteiger partial charge in [-0.1, -0.05) is 36.4 Å². The zero-order chi connectivity index (χ0) is 19.2. The highest BCUT2D eigenvalue weighted by atomic mass is 19.4. The molecule has 3 aromatic carbocycles. The molecule has 0 spiro atoms. The van der Waals surface area contributed by atoms with Crippen LogP contribution in [0.3, 0.4) is 0 Å². The summed E-state index contributed by atoms with van der Waals surface area (Å²) in [6.07, 6.45) is -5.32. The molecule has 0 atom stereocenters. The number of aliphatic imine (C=N–C) groups is 2. The van der Waals surface area contributed by atoms with Crippen LogP contribution in [-0.4, -0.2) is 17.6 Å². The summed E-state index contributed by atoms with van der Waals surface area (Å²) in [7, 11) is 0. The molecule has 3 aromatic rings. The van der Waals surface area contributed by atoms with Crippen molar-refractivity contribution in [1.82, 2.24) is 0 Å². The maximum Gasteiger partial charge on any atom is 0.429 e. The van der Waals surface area contributed by atoms with Crippen LogP contribution >= 0.6 is 0 Å². The normalized spacial score (nSPS) is 14.4. The van der Waals surface area contributed by atoms with E-state index in [1.165, 1.54) is 0 Å². The summed E-state index contributed by atoms with van der Waals surface area (Å²) in [6, 6.07) is 13.9. The SMILES string of the molecule is Fc1cc2c(cc1F)N=C(C(F)(F)F)CC(c1ccc3ccccc3c1)=N2. The van der Waals surface area contributed by atoms with E-state index in [0.29, 0.717) is 11.6 Å². The number of alkyl halides is 3. The van der Waals surface area contributed by atoms with E-state index in [0.717, 1.165) is 16.8 Å². The van der Waals surface area contributed by atoms with Crippen LogP contribution in [0.1, 0.15) is 12.0 Å². The summed E-state index contributed by atoms with van der Waals surface area (Å²) in [5.41, 5.74) is -1.06. The molecule has 0 radical (unpaired) electrons. The second-order valence-corrected chi connectivity index (χ2v) is 6.11. The Bertz CT molecular complexity index is 1110. The zero-order valence-electron chi connectivity index (χ0n) is 13.7. The van der Waals surface area contributed by atoms with Gasteiger partial charge in [0.25, 0.3) is 0 Å². The monoisotopic (exact) mass is 374 g/mol. The van der Waals surface area contributed by atoms with Crippen LogP contribution in [0, 0.1) is 11.6 Å². The molecule has 2 nitrogen and oxygen atoms in total. The van der Waals surface area contributed by atoms with Crippen molar-refractivity contribution in [2.45, 2.75) is 12.6 Å². The molecule has 0 aromatic heterocycles. The summed E-state index contributed by atoms with van der Waals surface area (Å²) in [5.74, 6) is -2.47. The van der Waals surface area contributed by atoms with Crippen LogP contribution in [0.15, 0.2) is 64.6 Å². The minimum absolute atomic E-state index is 0.0848. The van der Waals surface area contributed by atoms with Gasteiger partial charge in [-0.15, -0.1) is 0 Å². The maximum atomic E-state index is 13.6. The van der Waals surface area contributed by atoms with Crippen molar-refractivity contribution in [2.75, 3.05) is 0 Å². The molecular weight excluding hydrogens is 363 g/mol. The van der Waals surface area contributed by atoms with Crippen LogP contribution in [0.25, 0.3) is 10.8 Å². The Morgan fingerprint density at radius 2 is 1.37 bits per heavy atom. The molecule has 136 valence electrons. The Morgan fingerprint density at radius 1 is 0.741 bits per heavy atom. The molecular formula is C20H11F5N2. The quantitative estimate of drug-likeness (QED) is 0.448. The fourth-order valence-electron chi connectivity index (χ4n) is 2.93. The van der Waals surface area contributed by atoms with Crippen LogP contribution in [0.2, 0.25) is 0 Å². The molecule has 0 amide bonds. The predicted octanol–water partition coefficient (Wildman–Crippen LogP) is 6.28. The Hall–Kier alpha value is -3.09. The van der Waals surface area contributed by atoms with Gasteiger partial charge in [0.05, 0.1) is 17.1 Å². The first-order valence-corrected chi connectivity index (χ1v) is 8.02. The zero-order valence-corrected chi connectivity index (χ0v) is 13.7. The van der Waals surface area contributed by atoms with Crippen molar-refractivity contribution in [3.63, 3.8) is 0 Å². The van der Waals surface area contributed by atoms with Crippen LogP contribution < -0.4 is 0 Å². The fourth-order valence-corrected chi connectivity index (χ4v) is 2.93. The molecule has 0 unspecified atom stereocenters. The number of benzene rings is 3. The summed E-state index contributed by atoms with van der Waals surface area (Å²) in [5, 5.41) is 1.76. The molecule has 1 aliphatic heterocycles. The molecule has 7 heteroatoms. The molecule has 1 heterocycles. The highest BCUT2D eigenvalue weighted by Crippen LogP contribution is 2.36. The van der Waals surface area contributed by atoms with Gasteiger partial charge in [0.15, 0.2) is 11.6 Å². The smallest absolute Gasteiger partial charge is 0.250 e. The van der Waals surface area contributed by atoms with E-state index in [9.17, 15) is 22.0 Å². The number of fused-ring (bicyclic) bond motifs is 2. The average Bonchev–Trinajstić information content (AvgIpc) is 2.81. The van der Waals surface area contributed by atoms with E-state index in [-0.39, 0.29) is 17.1 Å². The lowest BCUT2D eigenvalue weighted by Crippen LogP contribution is -2.25. The molecule has 0 N–H and O–H groups in total. The Kier molecular flexibility index (Phi) is 4.02. The minimum atomic E-state index is -4.72. The predicted molar refractivity (Wildman–Crippen MR) is 94.3 cm³/mol. The molecule has 0 bridgehead atoms. The van der Waals surface area contributed by atoms with Gasteiger partial charge in [0, 0.05) is 18.6 Å². The lowest BCUT2D eigenvalue weighted by molar-refractivity contribution is -0.0596. The van der Waals surface area contributed by atoms with E-state index >= 15 is 0 Å². The molecule has 4 rings (SSSR count). The highest BCUT2D eigenvalue weighted by molar-refractivity contribution is 6.17. The average molecular weight is 374 g/mol. The lowest BCUT2D eigenvalue weighted by Gasteiger charge is -2.11. The van der Waals surface area contributed by atoms with E-state index in [2.05, 4.69) is 9.98 Å². The van der Waals surface area contributed by atoms with Gasteiger partial charge in [0.1, 0.15) is 5.71 Å². The third-order valence-electron chi connectivity index (χ3n) is 4.27. The maximum absolute atomic E-state index is 13.6. The van der Waals surface area contributed by atoms with E-state index in [1.54, 1.807) is 18.2 Å². The van der Waals surface area contributed by atoms with Crippen LogP contribution in [0.5, 0.6) is 0 Å². The van der Waals surface area contributed by atoms with Crippen LogP contribution in [0.4, 0.5) is 33.3 Å². The Balaban J connectivity index is 1.91. The van der Waals surface area contributed by atoms with Crippen molar-refractivity contribution in [1.29, 1.82) is 0 Å². The molecule has 0 aliphatic carbocycles. The van der Waals surface area contributed by atoms with Gasteiger partial charge in [-0.2, -0.15) is 13.2 Å². The summed E-state index contributed by atoms with van der Waals surface area (Å²) in [4.78, 5) is 7.70. The van der Waals surface area contributed by atoms with Crippen molar-refractivity contribution >= 4 is 33.6 Å². The van der Waals surface area contributed by atoms with Gasteiger partial charge >= 0.3 is 6.18 Å². The minimum Gasteiger partial charge on any atom is -0.250 e. The Morgan fingerprint density at radius 3 is 2.04 bits per heavy atom.